The Morgan fingerprint density at radius 1 is 0.643 bits per heavy atom. The normalized spacial score (nSPS) is 13.9. The Hall–Kier alpha value is -5.00. The summed E-state index contributed by atoms with van der Waals surface area (Å²) in [6.07, 6.45) is -5.80. The highest BCUT2D eigenvalue weighted by atomic mass is 19.4. The number of hydrogen-bond acceptors (Lipinski definition) is 3. The van der Waals surface area contributed by atoms with E-state index in [1.165, 1.54) is 24.3 Å². The van der Waals surface area contributed by atoms with Crippen molar-refractivity contribution in [3.05, 3.63) is 136 Å². The van der Waals surface area contributed by atoms with Gasteiger partial charge in [0.25, 0.3) is 11.8 Å². The summed E-state index contributed by atoms with van der Waals surface area (Å²) in [6, 6.07) is 19.5. The fourth-order valence-electron chi connectivity index (χ4n) is 4.94. The van der Waals surface area contributed by atoms with Crippen LogP contribution in [0.25, 0.3) is 0 Å². The summed E-state index contributed by atoms with van der Waals surface area (Å²) in [6.45, 7) is 0. The maximum Gasteiger partial charge on any atom is 0.422 e. The van der Waals surface area contributed by atoms with Crippen LogP contribution in [0.3, 0.4) is 0 Å². The van der Waals surface area contributed by atoms with Gasteiger partial charge in [0.1, 0.15) is 17.3 Å². The Morgan fingerprint density at radius 3 is 1.45 bits per heavy atom. The summed E-state index contributed by atoms with van der Waals surface area (Å²) in [7, 11) is 0. The highest BCUT2D eigenvalue weighted by molar-refractivity contribution is 6.23. The molecular formula is C30H17F7N2O3. The number of fused-ring (bicyclic) bond motifs is 1. The number of rotatable bonds is 6. The summed E-state index contributed by atoms with van der Waals surface area (Å²) in [5.41, 5.74) is -4.13. The molecule has 0 radical (unpaired) electrons. The zero-order valence-electron chi connectivity index (χ0n) is 21.1. The lowest BCUT2D eigenvalue weighted by Gasteiger charge is -2.33. The summed E-state index contributed by atoms with van der Waals surface area (Å²) < 4.78 is 97.7. The molecule has 0 unspecified atom stereocenters. The molecule has 4 aromatic carbocycles. The predicted octanol–water partition coefficient (Wildman–Crippen LogP) is 6.70. The van der Waals surface area contributed by atoms with E-state index in [9.17, 15) is 45.1 Å². The minimum Gasteiger partial charge on any atom is -0.319 e. The van der Waals surface area contributed by atoms with E-state index >= 15 is 0 Å². The van der Waals surface area contributed by atoms with Gasteiger partial charge in [-0.3, -0.25) is 19.3 Å². The number of carbonyl (C=O) groups is 3. The van der Waals surface area contributed by atoms with Crippen molar-refractivity contribution < 1.29 is 45.1 Å². The van der Waals surface area contributed by atoms with Crippen LogP contribution in [0.2, 0.25) is 0 Å². The van der Waals surface area contributed by atoms with E-state index in [0.717, 1.165) is 0 Å². The molecule has 214 valence electrons. The molecule has 0 saturated heterocycles. The number of alkyl halides is 3. The summed E-state index contributed by atoms with van der Waals surface area (Å²) in [4.78, 5) is 41.4. The second kappa shape index (κ2) is 10.8. The van der Waals surface area contributed by atoms with Gasteiger partial charge in [-0.1, -0.05) is 72.8 Å². The maximum absolute atomic E-state index is 14.8. The number of amides is 3. The van der Waals surface area contributed by atoms with Gasteiger partial charge in [-0.15, -0.1) is 0 Å². The molecule has 0 aromatic heterocycles. The molecule has 1 heterocycles. The van der Waals surface area contributed by atoms with Crippen molar-refractivity contribution >= 4 is 23.4 Å². The molecule has 0 fully saturated rings. The Labute approximate surface area is 233 Å². The number of anilines is 1. The zero-order chi connectivity index (χ0) is 30.3. The first-order valence-electron chi connectivity index (χ1n) is 12.2. The Morgan fingerprint density at radius 2 is 1.05 bits per heavy atom. The molecule has 0 aliphatic carbocycles. The van der Waals surface area contributed by atoms with Crippen molar-refractivity contribution in [2.75, 3.05) is 5.32 Å². The smallest absolute Gasteiger partial charge is 0.319 e. The van der Waals surface area contributed by atoms with Crippen molar-refractivity contribution in [1.29, 1.82) is 0 Å². The van der Waals surface area contributed by atoms with Crippen molar-refractivity contribution in [3.8, 4) is 0 Å². The van der Waals surface area contributed by atoms with Crippen molar-refractivity contribution in [2.45, 2.75) is 18.1 Å². The zero-order valence-corrected chi connectivity index (χ0v) is 21.1. The molecular weight excluding hydrogens is 569 g/mol. The summed E-state index contributed by atoms with van der Waals surface area (Å²) in [5, 5.41) is 1.62. The molecule has 1 aliphatic rings. The van der Waals surface area contributed by atoms with Crippen LogP contribution in [0.15, 0.2) is 84.9 Å². The quantitative estimate of drug-likeness (QED) is 0.155. The second-order valence-corrected chi connectivity index (χ2v) is 9.26. The average molecular weight is 586 g/mol. The van der Waals surface area contributed by atoms with E-state index in [4.69, 9.17) is 0 Å². The Balaban J connectivity index is 1.70. The third-order valence-electron chi connectivity index (χ3n) is 6.80. The molecule has 4 aromatic rings. The van der Waals surface area contributed by atoms with E-state index in [0.29, 0.717) is 16.0 Å². The highest BCUT2D eigenvalue weighted by Gasteiger charge is 2.48. The first kappa shape index (κ1) is 28.5. The van der Waals surface area contributed by atoms with Crippen molar-refractivity contribution in [2.24, 2.45) is 0 Å². The van der Waals surface area contributed by atoms with Crippen LogP contribution >= 0.6 is 0 Å². The lowest BCUT2D eigenvalue weighted by Crippen LogP contribution is -2.51. The van der Waals surface area contributed by atoms with Crippen LogP contribution in [-0.4, -0.2) is 28.7 Å². The molecule has 12 heteroatoms. The van der Waals surface area contributed by atoms with Gasteiger partial charge in [0.2, 0.25) is 5.91 Å². The van der Waals surface area contributed by atoms with Crippen LogP contribution in [0.4, 0.5) is 36.4 Å². The van der Waals surface area contributed by atoms with E-state index in [1.807, 2.05) is 0 Å². The van der Waals surface area contributed by atoms with Gasteiger partial charge in [-0.2, -0.15) is 13.2 Å². The molecule has 0 spiro atoms. The predicted molar refractivity (Wildman–Crippen MR) is 135 cm³/mol. The summed E-state index contributed by atoms with van der Waals surface area (Å²) in [5.74, 6) is -15.2. The number of nitrogens with zero attached hydrogens (tertiary/aromatic N) is 1. The van der Waals surface area contributed by atoms with Crippen LogP contribution in [-0.2, 0) is 11.0 Å². The summed E-state index contributed by atoms with van der Waals surface area (Å²) >= 11 is 0. The molecule has 5 rings (SSSR count). The molecule has 1 atom stereocenters. The topological polar surface area (TPSA) is 66.5 Å². The third kappa shape index (κ3) is 4.78. The number of hydrogen-bond donors (Lipinski definition) is 1. The minimum absolute atomic E-state index is 0.0795. The fraction of sp³-hybridized carbons (Fsp3) is 0.100. The van der Waals surface area contributed by atoms with Gasteiger partial charge in [0.15, 0.2) is 23.3 Å². The SMILES string of the molecule is O=C(Nc1c(F)c(F)c(C(F)(F)F)c(F)c1F)[C@H](C(c1ccccc1)c1ccccc1)N1C(=O)c2ccccc2C1=O. The Kier molecular flexibility index (Phi) is 7.31. The first-order chi connectivity index (χ1) is 19.9. The third-order valence-corrected chi connectivity index (χ3v) is 6.80. The molecule has 3 amide bonds. The fourth-order valence-corrected chi connectivity index (χ4v) is 4.94. The molecule has 0 saturated carbocycles. The van der Waals surface area contributed by atoms with E-state index in [-0.39, 0.29) is 11.1 Å². The van der Waals surface area contributed by atoms with Gasteiger partial charge in [0, 0.05) is 5.92 Å². The van der Waals surface area contributed by atoms with Crippen LogP contribution in [0.5, 0.6) is 0 Å². The lowest BCUT2D eigenvalue weighted by atomic mass is 9.83. The first-order valence-corrected chi connectivity index (χ1v) is 12.2. The number of benzene rings is 4. The standard InChI is InChI=1S/C30H17F7N2O3/c31-21-20(30(35,36)37)22(32)24(34)25(23(21)33)38-27(40)26(39-28(41)17-13-7-8-14-18(17)29(39)42)19(15-9-3-1-4-10-15)16-11-5-2-6-12-16/h1-14,19,26H,(H,38,40)/t26-/m0/s1. The second-order valence-electron chi connectivity index (χ2n) is 9.26. The van der Waals surface area contributed by atoms with Crippen molar-refractivity contribution in [3.63, 3.8) is 0 Å². The average Bonchev–Trinajstić information content (AvgIpc) is 3.22. The van der Waals surface area contributed by atoms with Gasteiger partial charge in [-0.05, 0) is 23.3 Å². The highest BCUT2D eigenvalue weighted by Crippen LogP contribution is 2.40. The van der Waals surface area contributed by atoms with Crippen LogP contribution in [0.1, 0.15) is 43.3 Å². The molecule has 0 bridgehead atoms. The van der Waals surface area contributed by atoms with Gasteiger partial charge < -0.3 is 5.32 Å². The number of halogens is 7. The molecule has 1 aliphatic heterocycles. The molecule has 5 nitrogen and oxygen atoms in total. The lowest BCUT2D eigenvalue weighted by molar-refractivity contribution is -0.143. The number of carbonyl (C=O) groups excluding carboxylic acids is 3. The monoisotopic (exact) mass is 586 g/mol. The number of imide groups is 1. The largest absolute Gasteiger partial charge is 0.422 e. The maximum atomic E-state index is 14.8. The van der Waals surface area contributed by atoms with Gasteiger partial charge in [-0.25, -0.2) is 17.6 Å². The van der Waals surface area contributed by atoms with Crippen LogP contribution < -0.4 is 5.32 Å². The van der Waals surface area contributed by atoms with Crippen molar-refractivity contribution in [1.82, 2.24) is 4.90 Å². The number of nitrogens with one attached hydrogen (secondary N) is 1. The van der Waals surface area contributed by atoms with E-state index in [2.05, 4.69) is 0 Å². The molecule has 1 N–H and O–H groups in total. The van der Waals surface area contributed by atoms with Gasteiger partial charge >= 0.3 is 6.18 Å². The molecule has 42 heavy (non-hydrogen) atoms. The van der Waals surface area contributed by atoms with E-state index in [1.54, 1.807) is 66.0 Å². The van der Waals surface area contributed by atoms with Gasteiger partial charge in [0.05, 0.1) is 11.1 Å². The van der Waals surface area contributed by atoms with Crippen LogP contribution in [0, 0.1) is 23.3 Å². The minimum atomic E-state index is -5.80. The Bertz CT molecular complexity index is 1610. The van der Waals surface area contributed by atoms with E-state index < -0.39 is 70.4 Å².